The van der Waals surface area contributed by atoms with Gasteiger partial charge >= 0.3 is 6.03 Å². The van der Waals surface area contributed by atoms with E-state index in [0.29, 0.717) is 6.54 Å². The van der Waals surface area contributed by atoms with E-state index in [4.69, 9.17) is 0 Å². The highest BCUT2D eigenvalue weighted by Gasteiger charge is 2.43. The molecule has 2 heterocycles. The van der Waals surface area contributed by atoms with E-state index in [2.05, 4.69) is 22.0 Å². The van der Waals surface area contributed by atoms with Gasteiger partial charge < -0.3 is 15.1 Å². The summed E-state index contributed by atoms with van der Waals surface area (Å²) in [6, 6.07) is -0.254. The number of piperazine rings is 1. The first-order valence-corrected chi connectivity index (χ1v) is 7.53. The first kappa shape index (κ1) is 15.3. The van der Waals surface area contributed by atoms with Crippen molar-refractivity contribution < 1.29 is 9.59 Å². The normalized spacial score (nSPS) is 24.2. The van der Waals surface area contributed by atoms with E-state index in [-0.39, 0.29) is 11.9 Å². The second-order valence-corrected chi connectivity index (χ2v) is 6.14. The second kappa shape index (κ2) is 6.10. The maximum atomic E-state index is 12.0. The van der Waals surface area contributed by atoms with Crippen molar-refractivity contribution in [3.8, 4) is 0 Å². The molecule has 0 bridgehead atoms. The zero-order valence-electron chi connectivity index (χ0n) is 12.8. The highest BCUT2D eigenvalue weighted by atomic mass is 16.2. The Bertz CT molecular complexity index is 375. The van der Waals surface area contributed by atoms with Gasteiger partial charge in [0.25, 0.3) is 5.91 Å². The third-order valence-corrected chi connectivity index (χ3v) is 4.21. The quantitative estimate of drug-likeness (QED) is 0.739. The zero-order valence-corrected chi connectivity index (χ0v) is 12.8. The van der Waals surface area contributed by atoms with Crippen LogP contribution in [-0.2, 0) is 4.79 Å². The summed E-state index contributed by atoms with van der Waals surface area (Å²) in [5.74, 6) is -0.113. The van der Waals surface area contributed by atoms with Gasteiger partial charge in [0.1, 0.15) is 5.54 Å². The average Bonchev–Trinajstić information content (AvgIpc) is 2.61. The summed E-state index contributed by atoms with van der Waals surface area (Å²) in [6.07, 6.45) is 0.849. The minimum absolute atomic E-state index is 0.113. The van der Waals surface area contributed by atoms with Crippen molar-refractivity contribution in [2.24, 2.45) is 0 Å². The lowest BCUT2D eigenvalue weighted by Crippen LogP contribution is -2.47. The molecular formula is C14H26N4O2. The Labute approximate surface area is 121 Å². The molecule has 0 atom stereocenters. The van der Waals surface area contributed by atoms with Gasteiger partial charge in [-0.15, -0.1) is 0 Å². The maximum absolute atomic E-state index is 12.0. The van der Waals surface area contributed by atoms with Gasteiger partial charge in [-0.3, -0.25) is 9.69 Å². The molecule has 0 aromatic rings. The molecule has 0 spiro atoms. The third-order valence-electron chi connectivity index (χ3n) is 4.21. The number of hydrogen-bond acceptors (Lipinski definition) is 4. The molecule has 6 nitrogen and oxygen atoms in total. The summed E-state index contributed by atoms with van der Waals surface area (Å²) in [5, 5.41) is 2.71. The van der Waals surface area contributed by atoms with E-state index >= 15 is 0 Å². The fourth-order valence-corrected chi connectivity index (χ4v) is 2.80. The van der Waals surface area contributed by atoms with E-state index in [0.717, 1.165) is 45.7 Å². The molecule has 20 heavy (non-hydrogen) atoms. The van der Waals surface area contributed by atoms with Crippen molar-refractivity contribution in [1.82, 2.24) is 20.0 Å². The van der Waals surface area contributed by atoms with Crippen LogP contribution in [0.15, 0.2) is 0 Å². The van der Waals surface area contributed by atoms with Crippen molar-refractivity contribution in [3.05, 3.63) is 0 Å². The molecule has 2 saturated heterocycles. The van der Waals surface area contributed by atoms with Crippen LogP contribution in [0.3, 0.4) is 0 Å². The van der Waals surface area contributed by atoms with Gasteiger partial charge in [0, 0.05) is 32.7 Å². The highest BCUT2D eigenvalue weighted by molar-refractivity contribution is 6.06. The number of hydrogen-bond donors (Lipinski definition) is 1. The van der Waals surface area contributed by atoms with Crippen LogP contribution < -0.4 is 5.32 Å². The predicted octanol–water partition coefficient (Wildman–Crippen LogP) is 0.344. The molecule has 0 radical (unpaired) electrons. The molecule has 6 heteroatoms. The van der Waals surface area contributed by atoms with Gasteiger partial charge in [-0.25, -0.2) is 4.79 Å². The summed E-state index contributed by atoms with van der Waals surface area (Å²) in [4.78, 5) is 30.0. The predicted molar refractivity (Wildman–Crippen MR) is 77.5 cm³/mol. The Morgan fingerprint density at radius 1 is 1.05 bits per heavy atom. The minimum Gasteiger partial charge on any atom is -0.324 e. The van der Waals surface area contributed by atoms with Crippen molar-refractivity contribution in [1.29, 1.82) is 0 Å². The molecule has 2 rings (SSSR count). The number of carbonyl (C=O) groups excluding carboxylic acids is 2. The molecular weight excluding hydrogens is 256 g/mol. The second-order valence-electron chi connectivity index (χ2n) is 6.14. The number of nitrogens with zero attached hydrogens (tertiary/aromatic N) is 3. The monoisotopic (exact) mass is 282 g/mol. The molecule has 0 saturated carbocycles. The van der Waals surface area contributed by atoms with Gasteiger partial charge in [-0.1, -0.05) is 6.92 Å². The number of urea groups is 1. The van der Waals surface area contributed by atoms with Crippen LogP contribution in [0.2, 0.25) is 0 Å². The molecule has 0 aromatic carbocycles. The molecule has 114 valence electrons. The fraction of sp³-hybridized carbons (Fsp3) is 0.857. The van der Waals surface area contributed by atoms with E-state index < -0.39 is 5.54 Å². The summed E-state index contributed by atoms with van der Waals surface area (Å²) in [5.41, 5.74) is -0.746. The number of carbonyl (C=O) groups is 2. The number of amides is 3. The number of rotatable bonds is 5. The Kier molecular flexibility index (Phi) is 4.65. The van der Waals surface area contributed by atoms with Crippen LogP contribution in [-0.4, -0.2) is 78.0 Å². The number of imide groups is 1. The summed E-state index contributed by atoms with van der Waals surface area (Å²) >= 11 is 0. The van der Waals surface area contributed by atoms with Crippen LogP contribution in [0.1, 0.15) is 27.2 Å². The van der Waals surface area contributed by atoms with Gasteiger partial charge in [0.2, 0.25) is 0 Å². The van der Waals surface area contributed by atoms with E-state index in [9.17, 15) is 9.59 Å². The van der Waals surface area contributed by atoms with Crippen LogP contribution >= 0.6 is 0 Å². The van der Waals surface area contributed by atoms with Crippen molar-refractivity contribution >= 4 is 11.9 Å². The Morgan fingerprint density at radius 3 is 2.15 bits per heavy atom. The van der Waals surface area contributed by atoms with Gasteiger partial charge in [0.15, 0.2) is 0 Å². The molecule has 3 amide bonds. The first-order valence-electron chi connectivity index (χ1n) is 7.53. The number of likely N-dealkylation sites (N-methyl/N-ethyl adjacent to an activating group) is 1. The van der Waals surface area contributed by atoms with E-state index in [1.165, 1.54) is 4.90 Å². The van der Waals surface area contributed by atoms with Crippen molar-refractivity contribution in [2.45, 2.75) is 32.7 Å². The smallest absolute Gasteiger partial charge is 0.324 e. The van der Waals surface area contributed by atoms with Crippen molar-refractivity contribution in [2.75, 3.05) is 45.8 Å². The van der Waals surface area contributed by atoms with Gasteiger partial charge in [-0.05, 0) is 33.4 Å². The Hall–Kier alpha value is -1.14. The lowest BCUT2D eigenvalue weighted by Gasteiger charge is -2.34. The Balaban J connectivity index is 1.72. The molecule has 0 aromatic heterocycles. The van der Waals surface area contributed by atoms with Gasteiger partial charge in [0.05, 0.1) is 0 Å². The summed E-state index contributed by atoms with van der Waals surface area (Å²) in [7, 11) is 0. The molecule has 2 aliphatic rings. The van der Waals surface area contributed by atoms with Crippen LogP contribution in [0.4, 0.5) is 4.79 Å². The lowest BCUT2D eigenvalue weighted by molar-refractivity contribution is -0.130. The molecule has 2 fully saturated rings. The lowest BCUT2D eigenvalue weighted by atomic mass is 10.1. The third kappa shape index (κ3) is 3.30. The molecule has 1 N–H and O–H groups in total. The van der Waals surface area contributed by atoms with Crippen molar-refractivity contribution in [3.63, 3.8) is 0 Å². The van der Waals surface area contributed by atoms with Gasteiger partial charge in [-0.2, -0.15) is 0 Å². The SMILES string of the molecule is CCN1CCN(CCCN2C(=O)NC(C)(C)C2=O)CC1. The standard InChI is InChI=1S/C14H26N4O2/c1-4-16-8-10-17(11-9-16)6-5-7-18-12(19)14(2,3)15-13(18)20/h4-11H2,1-3H3,(H,15,20). The van der Waals surface area contributed by atoms with Crippen LogP contribution in [0, 0.1) is 0 Å². The van der Waals surface area contributed by atoms with E-state index in [1.54, 1.807) is 13.8 Å². The summed E-state index contributed by atoms with van der Waals surface area (Å²) < 4.78 is 0. The minimum atomic E-state index is -0.746. The van der Waals surface area contributed by atoms with Crippen LogP contribution in [0.5, 0.6) is 0 Å². The summed E-state index contributed by atoms with van der Waals surface area (Å²) in [6.45, 7) is 12.7. The molecule has 2 aliphatic heterocycles. The maximum Gasteiger partial charge on any atom is 0.325 e. The number of nitrogens with one attached hydrogen (secondary N) is 1. The average molecular weight is 282 g/mol. The molecule has 0 aliphatic carbocycles. The fourth-order valence-electron chi connectivity index (χ4n) is 2.80. The van der Waals surface area contributed by atoms with Crippen LogP contribution in [0.25, 0.3) is 0 Å². The highest BCUT2D eigenvalue weighted by Crippen LogP contribution is 2.16. The topological polar surface area (TPSA) is 55.9 Å². The largest absolute Gasteiger partial charge is 0.325 e. The zero-order chi connectivity index (χ0) is 14.8. The van der Waals surface area contributed by atoms with E-state index in [1.807, 2.05) is 0 Å². The molecule has 0 unspecified atom stereocenters. The Morgan fingerprint density at radius 2 is 1.65 bits per heavy atom. The first-order chi connectivity index (χ1) is 9.44.